The Morgan fingerprint density at radius 3 is 2.31 bits per heavy atom. The first kappa shape index (κ1) is 19.6. The first-order valence-corrected chi connectivity index (χ1v) is 8.88. The van der Waals surface area contributed by atoms with E-state index in [1.807, 2.05) is 49.4 Å². The number of carbonyl (C=O) groups excluding carboxylic acids is 1. The second-order valence-corrected chi connectivity index (χ2v) is 5.91. The Labute approximate surface area is 155 Å². The molecule has 2 aromatic carbocycles. The molecule has 0 bridgehead atoms. The van der Waals surface area contributed by atoms with Crippen molar-refractivity contribution in [3.8, 4) is 17.2 Å². The molecule has 0 heterocycles. The molecule has 0 saturated heterocycles. The highest BCUT2D eigenvalue weighted by Gasteiger charge is 2.19. The van der Waals surface area contributed by atoms with E-state index in [4.69, 9.17) is 14.2 Å². The number of benzene rings is 2. The number of hydrogen-bond donors (Lipinski definition) is 1. The van der Waals surface area contributed by atoms with Gasteiger partial charge in [-0.3, -0.25) is 4.79 Å². The number of carbonyl (C=O) groups is 1. The highest BCUT2D eigenvalue weighted by Crippen LogP contribution is 2.27. The van der Waals surface area contributed by atoms with Crippen molar-refractivity contribution in [1.29, 1.82) is 0 Å². The van der Waals surface area contributed by atoms with E-state index in [1.165, 1.54) is 5.56 Å². The van der Waals surface area contributed by atoms with Crippen LogP contribution in [0.25, 0.3) is 0 Å². The summed E-state index contributed by atoms with van der Waals surface area (Å²) in [5.74, 6) is 1.95. The summed E-state index contributed by atoms with van der Waals surface area (Å²) in [4.78, 5) is 12.4. The van der Waals surface area contributed by atoms with Gasteiger partial charge in [0.2, 0.25) is 0 Å². The SMILES string of the molecule is CC[C@H](Oc1ccccc1OC)C(=O)NCCCc1ccc(OC)cc1. The first-order valence-electron chi connectivity index (χ1n) is 8.88. The molecule has 0 spiro atoms. The van der Waals surface area contributed by atoms with Crippen molar-refractivity contribution in [3.05, 3.63) is 54.1 Å². The van der Waals surface area contributed by atoms with E-state index in [9.17, 15) is 4.79 Å². The number of aryl methyl sites for hydroxylation is 1. The summed E-state index contributed by atoms with van der Waals surface area (Å²) < 4.78 is 16.3. The minimum atomic E-state index is -0.535. The van der Waals surface area contributed by atoms with E-state index < -0.39 is 6.10 Å². The highest BCUT2D eigenvalue weighted by atomic mass is 16.5. The molecule has 0 aliphatic carbocycles. The number of methoxy groups -OCH3 is 2. The lowest BCUT2D eigenvalue weighted by Gasteiger charge is -2.18. The quantitative estimate of drug-likeness (QED) is 0.660. The first-order chi connectivity index (χ1) is 12.7. The third-order valence-electron chi connectivity index (χ3n) is 4.10. The molecular weight excluding hydrogens is 330 g/mol. The summed E-state index contributed by atoms with van der Waals surface area (Å²) in [5.41, 5.74) is 1.22. The van der Waals surface area contributed by atoms with E-state index >= 15 is 0 Å². The molecule has 0 saturated carbocycles. The summed E-state index contributed by atoms with van der Waals surface area (Å²) in [6.07, 6.45) is 1.81. The van der Waals surface area contributed by atoms with Crippen LogP contribution in [0.4, 0.5) is 0 Å². The molecule has 0 aliphatic heterocycles. The van der Waals surface area contributed by atoms with E-state index in [0.29, 0.717) is 24.5 Å². The van der Waals surface area contributed by atoms with Crippen LogP contribution in [0.5, 0.6) is 17.2 Å². The molecule has 1 N–H and O–H groups in total. The molecule has 0 aromatic heterocycles. The lowest BCUT2D eigenvalue weighted by Crippen LogP contribution is -2.38. The fraction of sp³-hybridized carbons (Fsp3) is 0.381. The maximum atomic E-state index is 12.4. The molecule has 5 heteroatoms. The van der Waals surface area contributed by atoms with E-state index in [0.717, 1.165) is 18.6 Å². The summed E-state index contributed by atoms with van der Waals surface area (Å²) in [7, 11) is 3.24. The van der Waals surface area contributed by atoms with Crippen molar-refractivity contribution < 1.29 is 19.0 Å². The van der Waals surface area contributed by atoms with Gasteiger partial charge < -0.3 is 19.5 Å². The number of ether oxygens (including phenoxy) is 3. The fourth-order valence-electron chi connectivity index (χ4n) is 2.60. The fourth-order valence-corrected chi connectivity index (χ4v) is 2.60. The third-order valence-corrected chi connectivity index (χ3v) is 4.10. The number of para-hydroxylation sites is 2. The molecule has 1 atom stereocenters. The summed E-state index contributed by atoms with van der Waals surface area (Å²) in [6.45, 7) is 2.54. The average Bonchev–Trinajstić information content (AvgIpc) is 2.69. The van der Waals surface area contributed by atoms with Crippen LogP contribution in [0.3, 0.4) is 0 Å². The number of amides is 1. The number of nitrogens with one attached hydrogen (secondary N) is 1. The van der Waals surface area contributed by atoms with Gasteiger partial charge in [-0.1, -0.05) is 31.2 Å². The summed E-state index contributed by atoms with van der Waals surface area (Å²) >= 11 is 0. The highest BCUT2D eigenvalue weighted by molar-refractivity contribution is 5.81. The minimum absolute atomic E-state index is 0.104. The van der Waals surface area contributed by atoms with Crippen molar-refractivity contribution in [2.45, 2.75) is 32.3 Å². The van der Waals surface area contributed by atoms with Gasteiger partial charge in [0, 0.05) is 6.54 Å². The predicted octanol–water partition coefficient (Wildman–Crippen LogP) is 3.61. The van der Waals surface area contributed by atoms with Gasteiger partial charge in [0.1, 0.15) is 5.75 Å². The van der Waals surface area contributed by atoms with E-state index in [-0.39, 0.29) is 5.91 Å². The normalized spacial score (nSPS) is 11.5. The molecule has 2 rings (SSSR count). The van der Waals surface area contributed by atoms with Gasteiger partial charge >= 0.3 is 0 Å². The van der Waals surface area contributed by atoms with Gasteiger partial charge in [0.25, 0.3) is 5.91 Å². The minimum Gasteiger partial charge on any atom is -0.497 e. The van der Waals surface area contributed by atoms with Gasteiger partial charge in [-0.2, -0.15) is 0 Å². The van der Waals surface area contributed by atoms with Crippen LogP contribution >= 0.6 is 0 Å². The second kappa shape index (κ2) is 10.3. The number of rotatable bonds is 10. The molecule has 2 aromatic rings. The Morgan fingerprint density at radius 2 is 1.69 bits per heavy atom. The zero-order valence-electron chi connectivity index (χ0n) is 15.7. The maximum absolute atomic E-state index is 12.4. The summed E-state index contributed by atoms with van der Waals surface area (Å²) in [5, 5.41) is 2.95. The van der Waals surface area contributed by atoms with Crippen LogP contribution in [-0.2, 0) is 11.2 Å². The molecule has 0 unspecified atom stereocenters. The molecule has 26 heavy (non-hydrogen) atoms. The van der Waals surface area contributed by atoms with Crippen LogP contribution in [0.2, 0.25) is 0 Å². The Bertz CT molecular complexity index is 685. The standard InChI is InChI=1S/C21H27NO4/c1-4-18(26-20-10-6-5-9-19(20)25-3)21(23)22-15-7-8-16-11-13-17(24-2)14-12-16/h5-6,9-14,18H,4,7-8,15H2,1-3H3,(H,22,23)/t18-/m0/s1. The van der Waals surface area contributed by atoms with Gasteiger partial charge in [0.15, 0.2) is 17.6 Å². The van der Waals surface area contributed by atoms with Crippen LogP contribution in [0.1, 0.15) is 25.3 Å². The molecule has 0 fully saturated rings. The van der Waals surface area contributed by atoms with Crippen LogP contribution < -0.4 is 19.5 Å². The molecule has 0 radical (unpaired) electrons. The Morgan fingerprint density at radius 1 is 1.00 bits per heavy atom. The smallest absolute Gasteiger partial charge is 0.261 e. The Hall–Kier alpha value is -2.69. The van der Waals surface area contributed by atoms with Crippen molar-refractivity contribution in [2.24, 2.45) is 0 Å². The largest absolute Gasteiger partial charge is 0.497 e. The zero-order valence-corrected chi connectivity index (χ0v) is 15.7. The second-order valence-electron chi connectivity index (χ2n) is 5.91. The molecule has 140 valence electrons. The van der Waals surface area contributed by atoms with Crippen molar-refractivity contribution >= 4 is 5.91 Å². The molecule has 0 aliphatic rings. The zero-order chi connectivity index (χ0) is 18.8. The topological polar surface area (TPSA) is 56.8 Å². The van der Waals surface area contributed by atoms with E-state index in [2.05, 4.69) is 5.32 Å². The van der Waals surface area contributed by atoms with E-state index in [1.54, 1.807) is 20.3 Å². The van der Waals surface area contributed by atoms with Crippen molar-refractivity contribution in [2.75, 3.05) is 20.8 Å². The summed E-state index contributed by atoms with van der Waals surface area (Å²) in [6, 6.07) is 15.3. The Balaban J connectivity index is 1.79. The van der Waals surface area contributed by atoms with Crippen molar-refractivity contribution in [1.82, 2.24) is 5.32 Å². The average molecular weight is 357 g/mol. The van der Waals surface area contributed by atoms with Gasteiger partial charge in [-0.05, 0) is 49.1 Å². The predicted molar refractivity (Wildman–Crippen MR) is 102 cm³/mol. The van der Waals surface area contributed by atoms with Gasteiger partial charge in [-0.25, -0.2) is 0 Å². The monoisotopic (exact) mass is 357 g/mol. The molecular formula is C21H27NO4. The Kier molecular flexibility index (Phi) is 7.80. The molecule has 5 nitrogen and oxygen atoms in total. The lowest BCUT2D eigenvalue weighted by atomic mass is 10.1. The lowest BCUT2D eigenvalue weighted by molar-refractivity contribution is -0.128. The maximum Gasteiger partial charge on any atom is 0.261 e. The van der Waals surface area contributed by atoms with Crippen LogP contribution in [0.15, 0.2) is 48.5 Å². The van der Waals surface area contributed by atoms with Gasteiger partial charge in [-0.15, -0.1) is 0 Å². The van der Waals surface area contributed by atoms with Crippen LogP contribution in [0, 0.1) is 0 Å². The number of hydrogen-bond acceptors (Lipinski definition) is 4. The molecule has 1 amide bonds. The van der Waals surface area contributed by atoms with Gasteiger partial charge in [0.05, 0.1) is 14.2 Å². The van der Waals surface area contributed by atoms with Crippen molar-refractivity contribution in [3.63, 3.8) is 0 Å². The van der Waals surface area contributed by atoms with Crippen LogP contribution in [-0.4, -0.2) is 32.8 Å². The third kappa shape index (κ3) is 5.69.